The highest BCUT2D eigenvalue weighted by Crippen LogP contribution is 2.22. The van der Waals surface area contributed by atoms with Gasteiger partial charge in [-0.05, 0) is 46.7 Å². The molecule has 0 aliphatic carbocycles. The molecule has 26 heavy (non-hydrogen) atoms. The summed E-state index contributed by atoms with van der Waals surface area (Å²) in [6.45, 7) is 0.259. The summed E-state index contributed by atoms with van der Waals surface area (Å²) >= 11 is 0. The normalized spacial score (nSPS) is 10.3. The molecule has 1 amide bonds. The smallest absolute Gasteiger partial charge is 0.258 e. The first-order chi connectivity index (χ1) is 12.7. The van der Waals surface area contributed by atoms with E-state index in [1.165, 1.54) is 0 Å². The molecule has 5 heteroatoms. The molecule has 0 radical (unpaired) electrons. The van der Waals surface area contributed by atoms with Crippen molar-refractivity contribution >= 4 is 23.0 Å². The minimum atomic E-state index is -0.250. The number of aldehydes is 1. The second-order valence-electron chi connectivity index (χ2n) is 5.77. The summed E-state index contributed by atoms with van der Waals surface area (Å²) in [6.07, 6.45) is 0.706. The highest BCUT2D eigenvalue weighted by Gasteiger charge is 2.06. The van der Waals surface area contributed by atoms with Gasteiger partial charge in [-0.1, -0.05) is 30.3 Å². The third kappa shape index (κ3) is 4.19. The predicted molar refractivity (Wildman–Crippen MR) is 99.7 cm³/mol. The van der Waals surface area contributed by atoms with Crippen molar-refractivity contribution in [2.75, 3.05) is 13.7 Å². The largest absolute Gasteiger partial charge is 0.497 e. The Morgan fingerprint density at radius 3 is 2.62 bits per heavy atom. The number of methoxy groups -OCH3 is 1. The molecule has 0 heterocycles. The maximum atomic E-state index is 12.0. The molecule has 0 unspecified atom stereocenters. The zero-order valence-electron chi connectivity index (χ0n) is 14.4. The molecular formula is C21H19NO4. The van der Waals surface area contributed by atoms with Crippen molar-refractivity contribution < 1.29 is 19.1 Å². The van der Waals surface area contributed by atoms with Crippen molar-refractivity contribution in [1.82, 2.24) is 5.32 Å². The van der Waals surface area contributed by atoms with Gasteiger partial charge in [-0.2, -0.15) is 0 Å². The molecular weight excluding hydrogens is 330 g/mol. The number of benzene rings is 3. The number of nitrogens with one attached hydrogen (secondary N) is 1. The second-order valence-corrected chi connectivity index (χ2v) is 5.77. The molecule has 132 valence electrons. The molecule has 3 rings (SSSR count). The standard InChI is InChI=1S/C21H19NO4/c1-25-19-9-8-16-10-15(6-7-17(16)11-19)12-22-21(24)14-26-20-5-3-2-4-18(20)13-23/h2-11,13H,12,14H2,1H3,(H,22,24). The van der Waals surface area contributed by atoms with E-state index >= 15 is 0 Å². The number of hydrogen-bond acceptors (Lipinski definition) is 4. The van der Waals surface area contributed by atoms with Gasteiger partial charge < -0.3 is 14.8 Å². The van der Waals surface area contributed by atoms with Crippen molar-refractivity contribution in [3.8, 4) is 11.5 Å². The van der Waals surface area contributed by atoms with Gasteiger partial charge in [-0.15, -0.1) is 0 Å². The molecule has 0 fully saturated rings. The molecule has 0 aliphatic rings. The molecule has 0 saturated carbocycles. The van der Waals surface area contributed by atoms with Gasteiger partial charge in [0.25, 0.3) is 5.91 Å². The van der Waals surface area contributed by atoms with E-state index in [2.05, 4.69) is 5.32 Å². The van der Waals surface area contributed by atoms with Crippen molar-refractivity contribution in [3.63, 3.8) is 0 Å². The van der Waals surface area contributed by atoms with Gasteiger partial charge in [0.15, 0.2) is 12.9 Å². The fourth-order valence-electron chi connectivity index (χ4n) is 2.61. The summed E-state index contributed by atoms with van der Waals surface area (Å²) in [4.78, 5) is 22.9. The topological polar surface area (TPSA) is 64.6 Å². The number of para-hydroxylation sites is 1. The Morgan fingerprint density at radius 2 is 1.81 bits per heavy atom. The lowest BCUT2D eigenvalue weighted by molar-refractivity contribution is -0.123. The van der Waals surface area contributed by atoms with Gasteiger partial charge in [0.05, 0.1) is 12.7 Å². The lowest BCUT2D eigenvalue weighted by Gasteiger charge is -2.10. The predicted octanol–water partition coefficient (Wildman–Crippen LogP) is 3.36. The number of carbonyl (C=O) groups is 2. The van der Waals surface area contributed by atoms with Crippen molar-refractivity contribution in [2.45, 2.75) is 6.54 Å². The van der Waals surface area contributed by atoms with E-state index in [-0.39, 0.29) is 12.5 Å². The Labute approximate surface area is 151 Å². The minimum Gasteiger partial charge on any atom is -0.497 e. The van der Waals surface area contributed by atoms with Gasteiger partial charge in [-0.25, -0.2) is 0 Å². The van der Waals surface area contributed by atoms with Crippen LogP contribution in [0.3, 0.4) is 0 Å². The zero-order chi connectivity index (χ0) is 18.4. The Kier molecular flexibility index (Phi) is 5.49. The van der Waals surface area contributed by atoms with Crippen molar-refractivity contribution in [3.05, 3.63) is 71.8 Å². The molecule has 0 bridgehead atoms. The monoisotopic (exact) mass is 349 g/mol. The van der Waals surface area contributed by atoms with Gasteiger partial charge in [0.1, 0.15) is 11.5 Å². The van der Waals surface area contributed by atoms with E-state index in [1.807, 2.05) is 36.4 Å². The molecule has 1 N–H and O–H groups in total. The first kappa shape index (κ1) is 17.5. The highest BCUT2D eigenvalue weighted by atomic mass is 16.5. The van der Waals surface area contributed by atoms with E-state index in [0.717, 1.165) is 22.1 Å². The van der Waals surface area contributed by atoms with Crippen LogP contribution in [0.25, 0.3) is 10.8 Å². The first-order valence-electron chi connectivity index (χ1n) is 8.20. The number of hydrogen-bond donors (Lipinski definition) is 1. The summed E-state index contributed by atoms with van der Waals surface area (Å²) in [7, 11) is 1.64. The minimum absolute atomic E-state index is 0.143. The van der Waals surface area contributed by atoms with Crippen molar-refractivity contribution in [2.24, 2.45) is 0 Å². The van der Waals surface area contributed by atoms with Crippen LogP contribution in [0.5, 0.6) is 11.5 Å². The average molecular weight is 349 g/mol. The van der Waals surface area contributed by atoms with Gasteiger partial charge in [0.2, 0.25) is 0 Å². The Hall–Kier alpha value is -3.34. The Balaban J connectivity index is 1.57. The van der Waals surface area contributed by atoms with E-state index in [0.29, 0.717) is 24.1 Å². The molecule has 0 atom stereocenters. The van der Waals surface area contributed by atoms with Crippen LogP contribution in [0.2, 0.25) is 0 Å². The summed E-state index contributed by atoms with van der Waals surface area (Å²) in [5.41, 5.74) is 1.41. The van der Waals surface area contributed by atoms with E-state index in [1.54, 1.807) is 31.4 Å². The number of rotatable bonds is 7. The molecule has 0 spiro atoms. The highest BCUT2D eigenvalue weighted by molar-refractivity contribution is 5.85. The molecule has 3 aromatic carbocycles. The van der Waals surface area contributed by atoms with Crippen LogP contribution >= 0.6 is 0 Å². The maximum absolute atomic E-state index is 12.0. The van der Waals surface area contributed by atoms with E-state index in [9.17, 15) is 9.59 Å². The second kappa shape index (κ2) is 8.16. The third-order valence-corrected chi connectivity index (χ3v) is 4.01. The number of amides is 1. The fraction of sp³-hybridized carbons (Fsp3) is 0.143. The molecule has 0 aliphatic heterocycles. The fourth-order valence-corrected chi connectivity index (χ4v) is 2.61. The lowest BCUT2D eigenvalue weighted by atomic mass is 10.1. The Morgan fingerprint density at radius 1 is 1.04 bits per heavy atom. The van der Waals surface area contributed by atoms with Crippen LogP contribution in [0, 0.1) is 0 Å². The molecule has 0 saturated heterocycles. The number of ether oxygens (including phenoxy) is 2. The quantitative estimate of drug-likeness (QED) is 0.664. The average Bonchev–Trinajstić information content (AvgIpc) is 2.70. The molecule has 0 aromatic heterocycles. The van der Waals surface area contributed by atoms with Crippen molar-refractivity contribution in [1.29, 1.82) is 0 Å². The zero-order valence-corrected chi connectivity index (χ0v) is 14.4. The molecule has 5 nitrogen and oxygen atoms in total. The van der Waals surface area contributed by atoms with Gasteiger partial charge in [-0.3, -0.25) is 9.59 Å². The molecule has 3 aromatic rings. The Bertz CT molecular complexity index is 936. The third-order valence-electron chi connectivity index (χ3n) is 4.01. The van der Waals surface area contributed by atoms with E-state index in [4.69, 9.17) is 9.47 Å². The van der Waals surface area contributed by atoms with Crippen LogP contribution in [0.1, 0.15) is 15.9 Å². The maximum Gasteiger partial charge on any atom is 0.258 e. The van der Waals surface area contributed by atoms with Crippen LogP contribution < -0.4 is 14.8 Å². The lowest BCUT2D eigenvalue weighted by Crippen LogP contribution is -2.28. The SMILES string of the molecule is COc1ccc2cc(CNC(=O)COc3ccccc3C=O)ccc2c1. The van der Waals surface area contributed by atoms with Crippen LogP contribution in [-0.4, -0.2) is 25.9 Å². The van der Waals surface area contributed by atoms with Crippen LogP contribution in [0.15, 0.2) is 60.7 Å². The number of fused-ring (bicyclic) bond motifs is 1. The van der Waals surface area contributed by atoms with E-state index < -0.39 is 0 Å². The summed E-state index contributed by atoms with van der Waals surface area (Å²) < 4.78 is 10.6. The summed E-state index contributed by atoms with van der Waals surface area (Å²) in [5.74, 6) is 0.962. The van der Waals surface area contributed by atoms with Crippen LogP contribution in [-0.2, 0) is 11.3 Å². The first-order valence-corrected chi connectivity index (χ1v) is 8.20. The summed E-state index contributed by atoms with van der Waals surface area (Å²) in [6, 6.07) is 18.6. The van der Waals surface area contributed by atoms with Crippen LogP contribution in [0.4, 0.5) is 0 Å². The van der Waals surface area contributed by atoms with Gasteiger partial charge >= 0.3 is 0 Å². The number of carbonyl (C=O) groups excluding carboxylic acids is 2. The summed E-state index contributed by atoms with van der Waals surface area (Å²) in [5, 5.41) is 4.97. The van der Waals surface area contributed by atoms with Gasteiger partial charge in [0, 0.05) is 6.54 Å².